The zero-order valence-electron chi connectivity index (χ0n) is 14.0. The molecule has 26 heavy (non-hydrogen) atoms. The third-order valence-corrected chi connectivity index (χ3v) is 4.24. The first-order valence-electron chi connectivity index (χ1n) is 7.68. The summed E-state index contributed by atoms with van der Waals surface area (Å²) in [5.41, 5.74) is 5.33. The molecule has 8 nitrogen and oxygen atoms in total. The van der Waals surface area contributed by atoms with Crippen molar-refractivity contribution in [1.29, 1.82) is 10.5 Å². The lowest BCUT2D eigenvalue weighted by Gasteiger charge is -2.20. The fourth-order valence-electron chi connectivity index (χ4n) is 1.94. The Hall–Kier alpha value is -3.04. The standard InChI is InChI=1S/C17H18N4O4S/c18-7-3-9-21(10-4-8-19)16(23)11-25-17(24)13-5-1-2-6-14(13)26-12-15(20)22/h1-2,5-6H,3-4,9-12H2,(H2,20,22). The Labute approximate surface area is 155 Å². The molecule has 0 spiro atoms. The Morgan fingerprint density at radius 2 is 1.73 bits per heavy atom. The molecule has 9 heteroatoms. The minimum absolute atomic E-state index is 0.0132. The van der Waals surface area contributed by atoms with E-state index in [0.29, 0.717) is 4.90 Å². The van der Waals surface area contributed by atoms with E-state index in [1.807, 2.05) is 12.1 Å². The molecule has 1 aromatic rings. The van der Waals surface area contributed by atoms with Gasteiger partial charge >= 0.3 is 5.97 Å². The van der Waals surface area contributed by atoms with Crippen LogP contribution < -0.4 is 5.73 Å². The van der Waals surface area contributed by atoms with Gasteiger partial charge in [-0.15, -0.1) is 11.8 Å². The lowest BCUT2D eigenvalue weighted by atomic mass is 10.2. The van der Waals surface area contributed by atoms with E-state index in [9.17, 15) is 14.4 Å². The number of carbonyl (C=O) groups is 3. The molecule has 0 heterocycles. The van der Waals surface area contributed by atoms with E-state index in [-0.39, 0.29) is 37.2 Å². The summed E-state index contributed by atoms with van der Waals surface area (Å²) in [6, 6.07) is 10.4. The maximum Gasteiger partial charge on any atom is 0.339 e. The van der Waals surface area contributed by atoms with Crippen LogP contribution in [0.2, 0.25) is 0 Å². The highest BCUT2D eigenvalue weighted by molar-refractivity contribution is 8.00. The molecule has 1 aromatic carbocycles. The number of rotatable bonds is 10. The van der Waals surface area contributed by atoms with Gasteiger partial charge in [-0.05, 0) is 12.1 Å². The predicted octanol–water partition coefficient (Wildman–Crippen LogP) is 1.08. The van der Waals surface area contributed by atoms with Crippen LogP contribution in [0.25, 0.3) is 0 Å². The minimum atomic E-state index is -0.702. The van der Waals surface area contributed by atoms with Crippen LogP contribution in [0.15, 0.2) is 29.2 Å². The van der Waals surface area contributed by atoms with Crippen LogP contribution in [0.5, 0.6) is 0 Å². The van der Waals surface area contributed by atoms with Crippen molar-refractivity contribution < 1.29 is 19.1 Å². The molecule has 2 amide bonds. The van der Waals surface area contributed by atoms with Gasteiger partial charge in [0, 0.05) is 18.0 Å². The van der Waals surface area contributed by atoms with Gasteiger partial charge in [-0.25, -0.2) is 4.79 Å². The Bertz CT molecular complexity index is 721. The summed E-state index contributed by atoms with van der Waals surface area (Å²) in [6.07, 6.45) is 0.245. The number of nitrogens with zero attached hydrogens (tertiary/aromatic N) is 3. The molecule has 0 atom stereocenters. The van der Waals surface area contributed by atoms with Gasteiger partial charge in [-0.2, -0.15) is 10.5 Å². The first-order valence-corrected chi connectivity index (χ1v) is 8.67. The third-order valence-electron chi connectivity index (χ3n) is 3.14. The lowest BCUT2D eigenvalue weighted by Crippen LogP contribution is -2.36. The van der Waals surface area contributed by atoms with Crippen LogP contribution in [0.3, 0.4) is 0 Å². The van der Waals surface area contributed by atoms with Gasteiger partial charge in [0.15, 0.2) is 6.61 Å². The monoisotopic (exact) mass is 374 g/mol. The third kappa shape index (κ3) is 7.24. The summed E-state index contributed by atoms with van der Waals surface area (Å²) in [4.78, 5) is 37.1. The topological polar surface area (TPSA) is 137 Å². The minimum Gasteiger partial charge on any atom is -0.452 e. The molecule has 0 aromatic heterocycles. The fourth-order valence-corrected chi connectivity index (χ4v) is 2.72. The van der Waals surface area contributed by atoms with E-state index < -0.39 is 24.4 Å². The summed E-state index contributed by atoms with van der Waals surface area (Å²) in [5.74, 6) is -1.68. The number of thioether (sulfide) groups is 1. The zero-order chi connectivity index (χ0) is 19.4. The number of amides is 2. The Morgan fingerprint density at radius 1 is 1.12 bits per heavy atom. The maximum atomic E-state index is 12.2. The van der Waals surface area contributed by atoms with Gasteiger partial charge < -0.3 is 15.4 Å². The van der Waals surface area contributed by atoms with Crippen LogP contribution >= 0.6 is 11.8 Å². The van der Waals surface area contributed by atoms with Gasteiger partial charge in [0.2, 0.25) is 5.91 Å². The first-order chi connectivity index (χ1) is 12.5. The van der Waals surface area contributed by atoms with Crippen molar-refractivity contribution in [2.75, 3.05) is 25.4 Å². The van der Waals surface area contributed by atoms with Crippen LogP contribution in [-0.2, 0) is 14.3 Å². The number of hydrogen-bond acceptors (Lipinski definition) is 7. The highest BCUT2D eigenvalue weighted by Gasteiger charge is 2.18. The second-order valence-corrected chi connectivity index (χ2v) is 6.04. The molecule has 2 N–H and O–H groups in total. The van der Waals surface area contributed by atoms with Crippen molar-refractivity contribution in [3.8, 4) is 12.1 Å². The smallest absolute Gasteiger partial charge is 0.339 e. The number of esters is 1. The molecule has 0 radical (unpaired) electrons. The molecule has 0 aliphatic rings. The van der Waals surface area contributed by atoms with Crippen molar-refractivity contribution in [3.05, 3.63) is 29.8 Å². The van der Waals surface area contributed by atoms with Gasteiger partial charge in [-0.3, -0.25) is 9.59 Å². The summed E-state index contributed by atoms with van der Waals surface area (Å²) < 4.78 is 5.05. The van der Waals surface area contributed by atoms with Gasteiger partial charge in [-0.1, -0.05) is 12.1 Å². The number of carbonyl (C=O) groups excluding carboxylic acids is 3. The largest absolute Gasteiger partial charge is 0.452 e. The van der Waals surface area contributed by atoms with Crippen LogP contribution in [0, 0.1) is 22.7 Å². The predicted molar refractivity (Wildman–Crippen MR) is 93.7 cm³/mol. The van der Waals surface area contributed by atoms with Gasteiger partial charge in [0.05, 0.1) is 36.3 Å². The molecule has 0 saturated carbocycles. The molecule has 0 aliphatic carbocycles. The molecule has 0 bridgehead atoms. The van der Waals surface area contributed by atoms with E-state index in [1.165, 1.54) is 11.0 Å². The van der Waals surface area contributed by atoms with Crippen molar-refractivity contribution in [2.45, 2.75) is 17.7 Å². The molecule has 0 unspecified atom stereocenters. The number of ether oxygens (including phenoxy) is 1. The SMILES string of the molecule is N#CCCN(CCC#N)C(=O)COC(=O)c1ccccc1SCC(N)=O. The molecule has 1 rings (SSSR count). The normalized spacial score (nSPS) is 9.62. The Balaban J connectivity index is 2.69. The number of nitriles is 2. The lowest BCUT2D eigenvalue weighted by molar-refractivity contribution is -0.134. The number of hydrogen-bond donors (Lipinski definition) is 1. The van der Waals surface area contributed by atoms with Crippen molar-refractivity contribution in [2.24, 2.45) is 5.73 Å². The van der Waals surface area contributed by atoms with E-state index >= 15 is 0 Å². The van der Waals surface area contributed by atoms with Gasteiger partial charge in [0.1, 0.15) is 0 Å². The summed E-state index contributed by atoms with van der Waals surface area (Å²) >= 11 is 1.10. The molecule has 0 fully saturated rings. The van der Waals surface area contributed by atoms with Crippen molar-refractivity contribution in [3.63, 3.8) is 0 Å². The van der Waals surface area contributed by atoms with E-state index in [1.54, 1.807) is 18.2 Å². The second kappa shape index (κ2) is 11.5. The number of nitrogens with two attached hydrogens (primary N) is 1. The average Bonchev–Trinajstić information content (AvgIpc) is 2.64. The van der Waals surface area contributed by atoms with Crippen LogP contribution in [0.4, 0.5) is 0 Å². The van der Waals surface area contributed by atoms with Crippen molar-refractivity contribution in [1.82, 2.24) is 4.90 Å². The Kier molecular flexibility index (Phi) is 9.29. The fraction of sp³-hybridized carbons (Fsp3) is 0.353. The summed E-state index contributed by atoms with van der Waals surface area (Å²) in [5, 5.41) is 17.3. The summed E-state index contributed by atoms with van der Waals surface area (Å²) in [6.45, 7) is -0.163. The van der Waals surface area contributed by atoms with E-state index in [4.69, 9.17) is 21.0 Å². The molecular formula is C17H18N4O4S. The maximum absolute atomic E-state index is 12.2. The van der Waals surface area contributed by atoms with Crippen LogP contribution in [0.1, 0.15) is 23.2 Å². The quantitative estimate of drug-likeness (QED) is 0.477. The number of benzene rings is 1. The summed E-state index contributed by atoms with van der Waals surface area (Å²) in [7, 11) is 0. The Morgan fingerprint density at radius 3 is 2.31 bits per heavy atom. The highest BCUT2D eigenvalue weighted by atomic mass is 32.2. The average molecular weight is 374 g/mol. The van der Waals surface area contributed by atoms with E-state index in [2.05, 4.69) is 0 Å². The molecule has 0 aliphatic heterocycles. The number of primary amides is 1. The first kappa shape index (κ1) is 21.0. The zero-order valence-corrected chi connectivity index (χ0v) is 14.8. The molecule has 0 saturated heterocycles. The van der Waals surface area contributed by atoms with Crippen LogP contribution in [-0.4, -0.2) is 48.1 Å². The van der Waals surface area contributed by atoms with Crippen molar-refractivity contribution >= 4 is 29.5 Å². The highest BCUT2D eigenvalue weighted by Crippen LogP contribution is 2.23. The van der Waals surface area contributed by atoms with E-state index in [0.717, 1.165) is 11.8 Å². The van der Waals surface area contributed by atoms with Gasteiger partial charge in [0.25, 0.3) is 5.91 Å². The molecule has 136 valence electrons. The molecular weight excluding hydrogens is 356 g/mol. The second-order valence-electron chi connectivity index (χ2n) is 5.02.